The Hall–Kier alpha value is -3.61. The van der Waals surface area contributed by atoms with Gasteiger partial charge in [0.05, 0.1) is 31.2 Å². The van der Waals surface area contributed by atoms with Gasteiger partial charge in [-0.05, 0) is 42.3 Å². The van der Waals surface area contributed by atoms with E-state index in [1.165, 1.54) is 7.11 Å². The number of anilines is 1. The molecule has 3 aromatic rings. The number of phenolic OH excluding ortho intramolecular Hbond substituents is 1. The summed E-state index contributed by atoms with van der Waals surface area (Å²) in [5, 5.41) is 15.9. The fraction of sp³-hybridized carbons (Fsp3) is 0.261. The molecule has 7 heteroatoms. The highest BCUT2D eigenvalue weighted by atomic mass is 16.5. The lowest BCUT2D eigenvalue weighted by molar-refractivity contribution is 0.0963. The number of amides is 1. The summed E-state index contributed by atoms with van der Waals surface area (Å²) < 4.78 is 5.18. The van der Waals surface area contributed by atoms with E-state index in [1.54, 1.807) is 43.7 Å². The molecule has 1 atom stereocenters. The van der Waals surface area contributed by atoms with Crippen LogP contribution in [0.4, 0.5) is 5.82 Å². The van der Waals surface area contributed by atoms with Crippen molar-refractivity contribution in [2.75, 3.05) is 19.5 Å². The number of carbonyl (C=O) groups excluding carboxylic acids is 1. The molecule has 0 bridgehead atoms. The molecule has 0 saturated carbocycles. The van der Waals surface area contributed by atoms with Crippen molar-refractivity contribution >= 4 is 11.7 Å². The largest absolute Gasteiger partial charge is 0.504 e. The molecule has 30 heavy (non-hydrogen) atoms. The summed E-state index contributed by atoms with van der Waals surface area (Å²) in [4.78, 5) is 21.0. The number of ether oxygens (including phenoxy) is 1. The van der Waals surface area contributed by atoms with Crippen LogP contribution in [0, 0.1) is 0 Å². The summed E-state index contributed by atoms with van der Waals surface area (Å²) in [5.41, 5.74) is 3.08. The van der Waals surface area contributed by atoms with Gasteiger partial charge in [-0.15, -0.1) is 0 Å². The van der Waals surface area contributed by atoms with Crippen molar-refractivity contribution in [3.05, 3.63) is 66.0 Å². The molecule has 0 aliphatic carbocycles. The molecule has 2 aromatic carbocycles. The second-order valence-electron chi connectivity index (χ2n) is 6.87. The van der Waals surface area contributed by atoms with Crippen LogP contribution in [-0.4, -0.2) is 35.1 Å². The Morgan fingerprint density at radius 1 is 1.20 bits per heavy atom. The molecule has 1 aromatic heterocycles. The number of rotatable bonds is 8. The lowest BCUT2D eigenvalue weighted by Gasteiger charge is -2.20. The molecule has 3 rings (SSSR count). The second-order valence-corrected chi connectivity index (χ2v) is 6.87. The lowest BCUT2D eigenvalue weighted by atomic mass is 10.00. The van der Waals surface area contributed by atoms with Crippen molar-refractivity contribution in [1.29, 1.82) is 0 Å². The van der Waals surface area contributed by atoms with Crippen LogP contribution in [0.3, 0.4) is 0 Å². The Morgan fingerprint density at radius 2 is 2.03 bits per heavy atom. The fourth-order valence-corrected chi connectivity index (χ4v) is 3.24. The number of hydrogen-bond acceptors (Lipinski definition) is 6. The van der Waals surface area contributed by atoms with Crippen molar-refractivity contribution < 1.29 is 14.6 Å². The predicted octanol–water partition coefficient (Wildman–Crippen LogP) is 4.17. The summed E-state index contributed by atoms with van der Waals surface area (Å²) in [6.45, 7) is 2.11. The van der Waals surface area contributed by atoms with E-state index in [1.807, 2.05) is 18.2 Å². The Labute approximate surface area is 176 Å². The van der Waals surface area contributed by atoms with E-state index in [0.717, 1.165) is 24.0 Å². The van der Waals surface area contributed by atoms with Gasteiger partial charge in [0.1, 0.15) is 5.82 Å². The number of nitrogens with one attached hydrogen (secondary N) is 2. The van der Waals surface area contributed by atoms with E-state index in [0.29, 0.717) is 22.8 Å². The Kier molecular flexibility index (Phi) is 6.85. The number of nitrogens with zero attached hydrogens (tertiary/aromatic N) is 2. The summed E-state index contributed by atoms with van der Waals surface area (Å²) in [7, 11) is 3.13. The molecule has 0 aliphatic heterocycles. The molecule has 1 amide bonds. The smallest absolute Gasteiger partial charge is 0.251 e. The molecule has 0 fully saturated rings. The fourth-order valence-electron chi connectivity index (χ4n) is 3.24. The van der Waals surface area contributed by atoms with Gasteiger partial charge in [-0.2, -0.15) is 0 Å². The zero-order valence-electron chi connectivity index (χ0n) is 17.3. The topological polar surface area (TPSA) is 96.4 Å². The lowest BCUT2D eigenvalue weighted by Crippen LogP contribution is -2.19. The van der Waals surface area contributed by atoms with E-state index >= 15 is 0 Å². The molecule has 1 heterocycles. The summed E-state index contributed by atoms with van der Waals surface area (Å²) in [6, 6.07) is 12.6. The minimum Gasteiger partial charge on any atom is -0.504 e. The van der Waals surface area contributed by atoms with Crippen molar-refractivity contribution in [3.63, 3.8) is 0 Å². The maximum Gasteiger partial charge on any atom is 0.251 e. The van der Waals surface area contributed by atoms with Gasteiger partial charge in [0.25, 0.3) is 5.91 Å². The maximum absolute atomic E-state index is 12.0. The van der Waals surface area contributed by atoms with Crippen molar-refractivity contribution in [1.82, 2.24) is 15.3 Å². The van der Waals surface area contributed by atoms with Gasteiger partial charge in [-0.25, -0.2) is 4.98 Å². The van der Waals surface area contributed by atoms with Crippen LogP contribution >= 0.6 is 0 Å². The van der Waals surface area contributed by atoms with Crippen LogP contribution < -0.4 is 15.4 Å². The SMILES string of the molecule is CCCC(Nc1cncc(-c2ccc(O)c(OC)c2)n1)c1cccc(C(=O)NC)c1. The van der Waals surface area contributed by atoms with E-state index in [-0.39, 0.29) is 17.7 Å². The third-order valence-corrected chi connectivity index (χ3v) is 4.79. The zero-order valence-corrected chi connectivity index (χ0v) is 17.3. The van der Waals surface area contributed by atoms with Crippen LogP contribution in [0.5, 0.6) is 11.5 Å². The molecule has 0 aliphatic rings. The summed E-state index contributed by atoms with van der Waals surface area (Å²) >= 11 is 0. The third kappa shape index (κ3) is 4.86. The molecular formula is C23H26N4O3. The first kappa shape index (κ1) is 21.1. The van der Waals surface area contributed by atoms with Crippen molar-refractivity contribution in [2.24, 2.45) is 0 Å². The van der Waals surface area contributed by atoms with Crippen molar-refractivity contribution in [3.8, 4) is 22.8 Å². The van der Waals surface area contributed by atoms with E-state index < -0.39 is 0 Å². The number of methoxy groups -OCH3 is 1. The zero-order chi connectivity index (χ0) is 21.5. The first-order valence-electron chi connectivity index (χ1n) is 9.83. The Balaban J connectivity index is 1.88. The number of carbonyl (C=O) groups is 1. The highest BCUT2D eigenvalue weighted by molar-refractivity contribution is 5.94. The number of aromatic nitrogens is 2. The Bertz CT molecular complexity index is 1020. The van der Waals surface area contributed by atoms with Gasteiger partial charge >= 0.3 is 0 Å². The number of phenols is 1. The van der Waals surface area contributed by atoms with Crippen LogP contribution in [0.25, 0.3) is 11.3 Å². The minimum absolute atomic E-state index is 0.0153. The van der Waals surface area contributed by atoms with Gasteiger partial charge in [-0.1, -0.05) is 25.5 Å². The summed E-state index contributed by atoms with van der Waals surface area (Å²) in [6.07, 6.45) is 5.17. The molecule has 0 radical (unpaired) electrons. The van der Waals surface area contributed by atoms with Gasteiger partial charge in [-0.3, -0.25) is 9.78 Å². The molecule has 7 nitrogen and oxygen atoms in total. The average molecular weight is 406 g/mol. The van der Waals surface area contributed by atoms with E-state index in [4.69, 9.17) is 4.74 Å². The normalized spacial score (nSPS) is 11.6. The van der Waals surface area contributed by atoms with Crippen molar-refractivity contribution in [2.45, 2.75) is 25.8 Å². The predicted molar refractivity (Wildman–Crippen MR) is 117 cm³/mol. The number of hydrogen-bond donors (Lipinski definition) is 3. The monoisotopic (exact) mass is 406 g/mol. The van der Waals surface area contributed by atoms with Gasteiger partial charge in [0.2, 0.25) is 0 Å². The van der Waals surface area contributed by atoms with Gasteiger partial charge in [0, 0.05) is 18.2 Å². The molecule has 156 valence electrons. The molecule has 0 spiro atoms. The van der Waals surface area contributed by atoms with Gasteiger partial charge in [0.15, 0.2) is 11.5 Å². The first-order valence-corrected chi connectivity index (χ1v) is 9.83. The molecular weight excluding hydrogens is 380 g/mol. The summed E-state index contributed by atoms with van der Waals surface area (Å²) in [5.74, 6) is 0.962. The molecule has 1 unspecified atom stereocenters. The number of aromatic hydroxyl groups is 1. The second kappa shape index (κ2) is 9.73. The minimum atomic E-state index is -0.116. The first-order chi connectivity index (χ1) is 14.5. The van der Waals surface area contributed by atoms with Crippen LogP contribution in [-0.2, 0) is 0 Å². The third-order valence-electron chi connectivity index (χ3n) is 4.79. The standard InChI is InChI=1S/C23H26N4O3/c1-4-6-18(15-7-5-8-17(11-15)23(29)24-2)26-22-14-25-13-19(27-22)16-9-10-20(28)21(12-16)30-3/h5,7-14,18,28H,4,6H2,1-3H3,(H,24,29)(H,26,27). The molecule has 0 saturated heterocycles. The highest BCUT2D eigenvalue weighted by Crippen LogP contribution is 2.31. The van der Waals surface area contributed by atoms with Crippen LogP contribution in [0.1, 0.15) is 41.7 Å². The molecule has 3 N–H and O–H groups in total. The van der Waals surface area contributed by atoms with E-state index in [9.17, 15) is 9.90 Å². The number of benzene rings is 2. The van der Waals surface area contributed by atoms with Gasteiger partial charge < -0.3 is 20.5 Å². The van der Waals surface area contributed by atoms with Crippen LogP contribution in [0.15, 0.2) is 54.9 Å². The van der Waals surface area contributed by atoms with E-state index in [2.05, 4.69) is 27.5 Å². The quantitative estimate of drug-likeness (QED) is 0.520. The maximum atomic E-state index is 12.0. The Morgan fingerprint density at radius 3 is 2.77 bits per heavy atom. The van der Waals surface area contributed by atoms with Crippen LogP contribution in [0.2, 0.25) is 0 Å². The highest BCUT2D eigenvalue weighted by Gasteiger charge is 2.15. The average Bonchev–Trinajstić information content (AvgIpc) is 2.79.